The molecule has 2 aromatic rings. The second kappa shape index (κ2) is 5.67. The van der Waals surface area contributed by atoms with Gasteiger partial charge in [0.2, 0.25) is 0 Å². The monoisotopic (exact) mass is 289 g/mol. The molecule has 20 heavy (non-hydrogen) atoms. The van der Waals surface area contributed by atoms with E-state index in [1.165, 1.54) is 4.88 Å². The van der Waals surface area contributed by atoms with Crippen molar-refractivity contribution in [3.05, 3.63) is 51.7 Å². The summed E-state index contributed by atoms with van der Waals surface area (Å²) in [5, 5.41) is 14.6. The molecule has 0 saturated carbocycles. The van der Waals surface area contributed by atoms with Gasteiger partial charge in [0.1, 0.15) is 5.75 Å². The number of benzene rings is 1. The molecule has 0 fully saturated rings. The van der Waals surface area contributed by atoms with Crippen molar-refractivity contribution in [1.29, 1.82) is 0 Å². The molecule has 0 spiro atoms. The highest BCUT2D eigenvalue weighted by Gasteiger charge is 2.23. The van der Waals surface area contributed by atoms with Gasteiger partial charge in [0, 0.05) is 28.0 Å². The van der Waals surface area contributed by atoms with Crippen molar-refractivity contribution in [3.63, 3.8) is 0 Å². The number of phenolic OH excluding ortho intramolecular Hbond substituents is 1. The number of nitrogens with one attached hydrogen (secondary N) is 1. The van der Waals surface area contributed by atoms with Crippen LogP contribution in [0.5, 0.6) is 5.75 Å². The van der Waals surface area contributed by atoms with E-state index in [9.17, 15) is 9.90 Å². The summed E-state index contributed by atoms with van der Waals surface area (Å²) >= 11 is 1.69. The zero-order valence-corrected chi connectivity index (χ0v) is 12.8. The molecule has 0 atom stereocenters. The highest BCUT2D eigenvalue weighted by Crippen LogP contribution is 2.27. The predicted molar refractivity (Wildman–Crippen MR) is 82.5 cm³/mol. The average molecular weight is 289 g/mol. The summed E-state index contributed by atoms with van der Waals surface area (Å²) in [6.45, 7) is 6.51. The molecule has 0 unspecified atom stereocenters. The van der Waals surface area contributed by atoms with Crippen LogP contribution in [-0.4, -0.2) is 17.6 Å². The van der Waals surface area contributed by atoms with Crippen LogP contribution in [0, 0.1) is 6.92 Å². The molecule has 1 amide bonds. The van der Waals surface area contributed by atoms with E-state index in [0.29, 0.717) is 17.7 Å². The number of carbonyl (C=O) groups is 1. The zero-order valence-electron chi connectivity index (χ0n) is 11.9. The first kappa shape index (κ1) is 14.6. The number of rotatable bonds is 4. The van der Waals surface area contributed by atoms with Crippen molar-refractivity contribution in [1.82, 2.24) is 5.32 Å². The fourth-order valence-electron chi connectivity index (χ4n) is 2.02. The van der Waals surface area contributed by atoms with Crippen LogP contribution in [0.3, 0.4) is 0 Å². The molecule has 1 heterocycles. The SMILES string of the molecule is Cc1c(O)cccc1C(=O)NCC(C)(C)c1cccs1. The van der Waals surface area contributed by atoms with Crippen LogP contribution in [-0.2, 0) is 5.41 Å². The molecule has 4 heteroatoms. The Morgan fingerprint density at radius 1 is 1.30 bits per heavy atom. The van der Waals surface area contributed by atoms with E-state index in [1.54, 1.807) is 36.5 Å². The Kier molecular flexibility index (Phi) is 4.14. The predicted octanol–water partition coefficient (Wildman–Crippen LogP) is 3.47. The number of aromatic hydroxyl groups is 1. The van der Waals surface area contributed by atoms with Crippen LogP contribution in [0.2, 0.25) is 0 Å². The second-order valence-electron chi connectivity index (χ2n) is 5.49. The first-order valence-corrected chi connectivity index (χ1v) is 7.40. The minimum atomic E-state index is -0.150. The Hall–Kier alpha value is -1.81. The minimum absolute atomic E-state index is 0.103. The molecular weight excluding hydrogens is 270 g/mol. The van der Waals surface area contributed by atoms with Gasteiger partial charge in [-0.25, -0.2) is 0 Å². The van der Waals surface area contributed by atoms with Crippen LogP contribution >= 0.6 is 11.3 Å². The number of thiophene rings is 1. The maximum Gasteiger partial charge on any atom is 0.251 e. The van der Waals surface area contributed by atoms with E-state index in [2.05, 4.69) is 25.2 Å². The molecule has 3 nitrogen and oxygen atoms in total. The summed E-state index contributed by atoms with van der Waals surface area (Å²) in [5.41, 5.74) is 1.03. The Morgan fingerprint density at radius 2 is 2.05 bits per heavy atom. The van der Waals surface area contributed by atoms with Gasteiger partial charge in [0.05, 0.1) is 0 Å². The third-order valence-electron chi connectivity index (χ3n) is 3.43. The lowest BCUT2D eigenvalue weighted by atomic mass is 9.91. The third-order valence-corrected chi connectivity index (χ3v) is 4.66. The summed E-state index contributed by atoms with van der Waals surface area (Å²) in [7, 11) is 0. The third kappa shape index (κ3) is 3.02. The van der Waals surface area contributed by atoms with E-state index in [4.69, 9.17) is 0 Å². The van der Waals surface area contributed by atoms with Crippen molar-refractivity contribution in [2.24, 2.45) is 0 Å². The topological polar surface area (TPSA) is 49.3 Å². The number of phenols is 1. The van der Waals surface area contributed by atoms with Crippen LogP contribution in [0.1, 0.15) is 34.6 Å². The molecule has 0 saturated heterocycles. The van der Waals surface area contributed by atoms with Gasteiger partial charge >= 0.3 is 0 Å². The first-order chi connectivity index (χ1) is 9.42. The summed E-state index contributed by atoms with van der Waals surface area (Å²) < 4.78 is 0. The fraction of sp³-hybridized carbons (Fsp3) is 0.312. The maximum atomic E-state index is 12.2. The van der Waals surface area contributed by atoms with Crippen LogP contribution in [0.15, 0.2) is 35.7 Å². The lowest BCUT2D eigenvalue weighted by Gasteiger charge is -2.24. The second-order valence-corrected chi connectivity index (χ2v) is 6.44. The Bertz CT molecular complexity index is 603. The summed E-state index contributed by atoms with van der Waals surface area (Å²) in [6.07, 6.45) is 0. The van der Waals surface area contributed by atoms with E-state index < -0.39 is 0 Å². The van der Waals surface area contributed by atoms with E-state index >= 15 is 0 Å². The number of carbonyl (C=O) groups excluding carboxylic acids is 1. The molecule has 1 aromatic carbocycles. The molecule has 2 N–H and O–H groups in total. The average Bonchev–Trinajstić information content (AvgIpc) is 2.94. The van der Waals surface area contributed by atoms with Crippen molar-refractivity contribution >= 4 is 17.2 Å². The summed E-state index contributed by atoms with van der Waals surface area (Å²) in [5.74, 6) is -0.00167. The zero-order chi connectivity index (χ0) is 14.8. The van der Waals surface area contributed by atoms with Crippen LogP contribution < -0.4 is 5.32 Å². The first-order valence-electron chi connectivity index (χ1n) is 6.52. The van der Waals surface area contributed by atoms with Crippen molar-refractivity contribution in [3.8, 4) is 5.75 Å². The lowest BCUT2D eigenvalue weighted by molar-refractivity contribution is 0.0945. The van der Waals surface area contributed by atoms with Gasteiger partial charge in [-0.05, 0) is 30.5 Å². The standard InChI is InChI=1S/C16H19NO2S/c1-11-12(6-4-7-13(11)18)15(19)17-10-16(2,3)14-8-5-9-20-14/h4-9,18H,10H2,1-3H3,(H,17,19). The van der Waals surface area contributed by atoms with Gasteiger partial charge in [-0.1, -0.05) is 26.0 Å². The largest absolute Gasteiger partial charge is 0.508 e. The fourth-order valence-corrected chi connectivity index (χ4v) is 2.87. The molecule has 2 rings (SSSR count). The molecule has 0 aliphatic heterocycles. The molecule has 106 valence electrons. The molecule has 0 radical (unpaired) electrons. The van der Waals surface area contributed by atoms with Crippen molar-refractivity contribution < 1.29 is 9.90 Å². The van der Waals surface area contributed by atoms with E-state index in [-0.39, 0.29) is 17.1 Å². The maximum absolute atomic E-state index is 12.2. The van der Waals surface area contributed by atoms with E-state index in [1.807, 2.05) is 11.4 Å². The van der Waals surface area contributed by atoms with Crippen molar-refractivity contribution in [2.75, 3.05) is 6.54 Å². The quantitative estimate of drug-likeness (QED) is 0.905. The van der Waals surface area contributed by atoms with E-state index in [0.717, 1.165) is 0 Å². The van der Waals surface area contributed by atoms with Crippen LogP contribution in [0.4, 0.5) is 0 Å². The Morgan fingerprint density at radius 3 is 2.70 bits per heavy atom. The van der Waals surface area contributed by atoms with Gasteiger partial charge in [-0.3, -0.25) is 4.79 Å². The van der Waals surface area contributed by atoms with Crippen molar-refractivity contribution in [2.45, 2.75) is 26.2 Å². The van der Waals surface area contributed by atoms with Gasteiger partial charge in [0.25, 0.3) is 5.91 Å². The Balaban J connectivity index is 2.08. The highest BCUT2D eigenvalue weighted by atomic mass is 32.1. The normalized spacial score (nSPS) is 11.3. The molecule has 0 aliphatic carbocycles. The Labute approximate surface area is 123 Å². The summed E-state index contributed by atoms with van der Waals surface area (Å²) in [6, 6.07) is 9.09. The van der Waals surface area contributed by atoms with Gasteiger partial charge in [0.15, 0.2) is 0 Å². The number of hydrogen-bond acceptors (Lipinski definition) is 3. The van der Waals surface area contributed by atoms with Gasteiger partial charge in [-0.2, -0.15) is 0 Å². The smallest absolute Gasteiger partial charge is 0.251 e. The van der Waals surface area contributed by atoms with Crippen LogP contribution in [0.25, 0.3) is 0 Å². The highest BCUT2D eigenvalue weighted by molar-refractivity contribution is 7.10. The number of amides is 1. The molecule has 1 aromatic heterocycles. The molecule has 0 bridgehead atoms. The number of hydrogen-bond donors (Lipinski definition) is 2. The molecular formula is C16H19NO2S. The minimum Gasteiger partial charge on any atom is -0.508 e. The molecule has 0 aliphatic rings. The van der Waals surface area contributed by atoms with Gasteiger partial charge in [-0.15, -0.1) is 11.3 Å². The van der Waals surface area contributed by atoms with Gasteiger partial charge < -0.3 is 10.4 Å². The lowest BCUT2D eigenvalue weighted by Crippen LogP contribution is -2.36. The summed E-state index contributed by atoms with van der Waals surface area (Å²) in [4.78, 5) is 13.5.